The summed E-state index contributed by atoms with van der Waals surface area (Å²) in [5, 5.41) is 6.69. The summed E-state index contributed by atoms with van der Waals surface area (Å²) in [6, 6.07) is 8.82. The molecule has 0 spiro atoms. The van der Waals surface area contributed by atoms with E-state index in [1.54, 1.807) is 7.05 Å². The molecule has 0 radical (unpaired) electrons. The van der Waals surface area contributed by atoms with Crippen molar-refractivity contribution in [3.05, 3.63) is 24.3 Å². The number of ether oxygens (including phenoxy) is 2. The molecule has 0 fully saturated rings. The van der Waals surface area contributed by atoms with E-state index in [1.165, 1.54) is 0 Å². The minimum atomic E-state index is -0.0312. The molecule has 0 saturated carbocycles. The van der Waals surface area contributed by atoms with Gasteiger partial charge in [-0.1, -0.05) is 12.1 Å². The third kappa shape index (κ3) is 5.81. The van der Waals surface area contributed by atoms with Crippen LogP contribution < -0.4 is 20.1 Å². The van der Waals surface area contributed by atoms with E-state index < -0.39 is 0 Å². The van der Waals surface area contributed by atoms with Crippen LogP contribution in [0.5, 0.6) is 11.5 Å². The second kappa shape index (κ2) is 9.51. The summed E-state index contributed by atoms with van der Waals surface area (Å²) in [5.41, 5.74) is 0. The first-order valence-electron chi connectivity index (χ1n) is 9.10. The molecule has 1 aromatic carbocycles. The smallest absolute Gasteiger partial charge is 0.191 e. The van der Waals surface area contributed by atoms with Gasteiger partial charge >= 0.3 is 0 Å². The molecule has 1 aliphatic rings. The lowest BCUT2D eigenvalue weighted by molar-refractivity contribution is 0.0936. The Bertz CT molecular complexity index is 552. The summed E-state index contributed by atoms with van der Waals surface area (Å²) >= 11 is 0. The molecule has 1 atom stereocenters. The van der Waals surface area contributed by atoms with Crippen LogP contribution in [0.4, 0.5) is 0 Å². The van der Waals surface area contributed by atoms with Gasteiger partial charge in [0.15, 0.2) is 17.5 Å². The molecule has 1 unspecified atom stereocenters. The Labute approximate surface area is 151 Å². The number of rotatable bonds is 7. The van der Waals surface area contributed by atoms with E-state index in [4.69, 9.17) is 9.47 Å². The standard InChI is InChI=1S/C19H32N4O2/c1-14(2)23(15(3)4)11-10-21-19(20-5)22-12-16-13-24-17-8-6-7-9-18(17)25-16/h6-9,14-16H,10-13H2,1-5H3,(H2,20,21,22). The van der Waals surface area contributed by atoms with Gasteiger partial charge in [-0.25, -0.2) is 0 Å². The van der Waals surface area contributed by atoms with Gasteiger partial charge in [0.25, 0.3) is 0 Å². The number of aliphatic imine (C=N–C) groups is 1. The number of nitrogens with zero attached hydrogens (tertiary/aromatic N) is 2. The largest absolute Gasteiger partial charge is 0.486 e. The molecule has 0 saturated heterocycles. The van der Waals surface area contributed by atoms with E-state index >= 15 is 0 Å². The van der Waals surface area contributed by atoms with Crippen molar-refractivity contribution in [1.29, 1.82) is 0 Å². The van der Waals surface area contributed by atoms with E-state index in [0.717, 1.165) is 30.5 Å². The minimum Gasteiger partial charge on any atom is -0.486 e. The van der Waals surface area contributed by atoms with Crippen molar-refractivity contribution < 1.29 is 9.47 Å². The molecule has 1 aromatic rings. The molecule has 0 aliphatic carbocycles. The topological polar surface area (TPSA) is 58.1 Å². The summed E-state index contributed by atoms with van der Waals surface area (Å²) < 4.78 is 11.7. The Kier molecular flexibility index (Phi) is 7.37. The monoisotopic (exact) mass is 348 g/mol. The maximum atomic E-state index is 5.95. The van der Waals surface area contributed by atoms with Gasteiger partial charge in [0.2, 0.25) is 0 Å². The van der Waals surface area contributed by atoms with Crippen molar-refractivity contribution in [2.75, 3.05) is 33.3 Å². The molecule has 1 heterocycles. The highest BCUT2D eigenvalue weighted by molar-refractivity contribution is 5.79. The van der Waals surface area contributed by atoms with E-state index in [2.05, 4.69) is 48.2 Å². The number of guanidine groups is 1. The normalized spacial score (nSPS) is 17.3. The van der Waals surface area contributed by atoms with Crippen LogP contribution in [0.2, 0.25) is 0 Å². The van der Waals surface area contributed by atoms with Crippen LogP contribution in [0.15, 0.2) is 29.3 Å². The number of para-hydroxylation sites is 2. The van der Waals surface area contributed by atoms with Gasteiger partial charge in [0.1, 0.15) is 12.7 Å². The Morgan fingerprint density at radius 1 is 1.16 bits per heavy atom. The maximum Gasteiger partial charge on any atom is 0.191 e. The van der Waals surface area contributed by atoms with Gasteiger partial charge in [0.05, 0.1) is 6.54 Å². The third-order valence-electron chi connectivity index (χ3n) is 4.28. The van der Waals surface area contributed by atoms with Gasteiger partial charge < -0.3 is 20.1 Å². The second-order valence-electron chi connectivity index (χ2n) is 6.80. The molecular weight excluding hydrogens is 316 g/mol. The van der Waals surface area contributed by atoms with Crippen LogP contribution in [-0.2, 0) is 0 Å². The van der Waals surface area contributed by atoms with Crippen molar-refractivity contribution in [3.8, 4) is 11.5 Å². The maximum absolute atomic E-state index is 5.95. The first-order valence-corrected chi connectivity index (χ1v) is 9.10. The van der Waals surface area contributed by atoms with Crippen LogP contribution in [0, 0.1) is 0 Å². The molecule has 6 heteroatoms. The van der Waals surface area contributed by atoms with Crippen LogP contribution >= 0.6 is 0 Å². The fourth-order valence-electron chi connectivity index (χ4n) is 3.01. The highest BCUT2D eigenvalue weighted by Crippen LogP contribution is 2.30. The Balaban J connectivity index is 1.74. The van der Waals surface area contributed by atoms with Crippen LogP contribution in [0.3, 0.4) is 0 Å². The molecule has 2 N–H and O–H groups in total. The SMILES string of the molecule is CN=C(NCCN(C(C)C)C(C)C)NCC1COc2ccccc2O1. The molecule has 0 amide bonds. The van der Waals surface area contributed by atoms with E-state index in [0.29, 0.717) is 25.2 Å². The Hall–Kier alpha value is -1.95. The second-order valence-corrected chi connectivity index (χ2v) is 6.80. The molecule has 6 nitrogen and oxygen atoms in total. The Morgan fingerprint density at radius 2 is 1.84 bits per heavy atom. The van der Waals surface area contributed by atoms with Crippen molar-refractivity contribution >= 4 is 5.96 Å². The van der Waals surface area contributed by atoms with Crippen molar-refractivity contribution in [2.45, 2.75) is 45.9 Å². The molecule has 25 heavy (non-hydrogen) atoms. The van der Waals surface area contributed by atoms with E-state index in [-0.39, 0.29) is 6.10 Å². The highest BCUT2D eigenvalue weighted by atomic mass is 16.6. The van der Waals surface area contributed by atoms with Gasteiger partial charge in [-0.05, 0) is 39.8 Å². The van der Waals surface area contributed by atoms with E-state index in [9.17, 15) is 0 Å². The lowest BCUT2D eigenvalue weighted by atomic mass is 10.2. The van der Waals surface area contributed by atoms with E-state index in [1.807, 2.05) is 24.3 Å². The quantitative estimate of drug-likeness (QED) is 0.584. The molecule has 0 aromatic heterocycles. The number of fused-ring (bicyclic) bond motifs is 1. The predicted octanol–water partition coefficient (Wildman–Crippen LogP) is 2.11. The summed E-state index contributed by atoms with van der Waals surface area (Å²) in [7, 11) is 1.78. The van der Waals surface area contributed by atoms with Crippen molar-refractivity contribution in [2.24, 2.45) is 4.99 Å². The fraction of sp³-hybridized carbons (Fsp3) is 0.632. The summed E-state index contributed by atoms with van der Waals surface area (Å²) in [5.74, 6) is 2.40. The van der Waals surface area contributed by atoms with Gasteiger partial charge in [0, 0.05) is 32.2 Å². The molecular formula is C19H32N4O2. The van der Waals surface area contributed by atoms with Crippen molar-refractivity contribution in [3.63, 3.8) is 0 Å². The zero-order chi connectivity index (χ0) is 18.2. The third-order valence-corrected chi connectivity index (χ3v) is 4.28. The average molecular weight is 348 g/mol. The number of hydrogen-bond acceptors (Lipinski definition) is 4. The minimum absolute atomic E-state index is 0.0312. The summed E-state index contributed by atoms with van der Waals surface area (Å²) in [4.78, 5) is 6.74. The van der Waals surface area contributed by atoms with Gasteiger partial charge in [-0.15, -0.1) is 0 Å². The fourth-order valence-corrected chi connectivity index (χ4v) is 3.01. The zero-order valence-corrected chi connectivity index (χ0v) is 16.1. The molecule has 1 aliphatic heterocycles. The van der Waals surface area contributed by atoms with Crippen LogP contribution in [0.25, 0.3) is 0 Å². The first kappa shape index (κ1) is 19.4. The number of nitrogens with one attached hydrogen (secondary N) is 2. The number of benzene rings is 1. The lowest BCUT2D eigenvalue weighted by Crippen LogP contribution is -2.48. The summed E-state index contributed by atoms with van der Waals surface area (Å²) in [6.45, 7) is 11.9. The number of hydrogen-bond donors (Lipinski definition) is 2. The van der Waals surface area contributed by atoms with Crippen molar-refractivity contribution in [1.82, 2.24) is 15.5 Å². The zero-order valence-electron chi connectivity index (χ0n) is 16.1. The average Bonchev–Trinajstić information content (AvgIpc) is 2.60. The summed E-state index contributed by atoms with van der Waals surface area (Å²) in [6.07, 6.45) is -0.0312. The lowest BCUT2D eigenvalue weighted by Gasteiger charge is -2.31. The molecule has 2 rings (SSSR count). The van der Waals surface area contributed by atoms with Crippen LogP contribution in [0.1, 0.15) is 27.7 Å². The molecule has 140 valence electrons. The van der Waals surface area contributed by atoms with Gasteiger partial charge in [-0.2, -0.15) is 0 Å². The van der Waals surface area contributed by atoms with Gasteiger partial charge in [-0.3, -0.25) is 9.89 Å². The first-order chi connectivity index (χ1) is 12.0. The predicted molar refractivity (Wildman–Crippen MR) is 103 cm³/mol. The highest BCUT2D eigenvalue weighted by Gasteiger charge is 2.20. The molecule has 0 bridgehead atoms. The van der Waals surface area contributed by atoms with Crippen LogP contribution in [-0.4, -0.2) is 62.3 Å². The Morgan fingerprint density at radius 3 is 2.48 bits per heavy atom.